The van der Waals surface area contributed by atoms with E-state index in [1.54, 1.807) is 24.3 Å². The van der Waals surface area contributed by atoms with E-state index in [0.29, 0.717) is 17.5 Å². The van der Waals surface area contributed by atoms with Gasteiger partial charge in [0.05, 0.1) is 11.6 Å². The van der Waals surface area contributed by atoms with Gasteiger partial charge in [-0.15, -0.1) is 0 Å². The first-order valence-corrected chi connectivity index (χ1v) is 6.68. The summed E-state index contributed by atoms with van der Waals surface area (Å²) in [5.41, 5.74) is 1.06. The predicted octanol–water partition coefficient (Wildman–Crippen LogP) is 1.94. The number of carbonyl (C=O) groups is 1. The summed E-state index contributed by atoms with van der Waals surface area (Å²) in [5, 5.41) is 18.0. The topological polar surface area (TPSA) is 64.3 Å². The van der Waals surface area contributed by atoms with Crippen LogP contribution in [0.2, 0.25) is 0 Å². The summed E-state index contributed by atoms with van der Waals surface area (Å²) in [7, 11) is 0. The number of hydrogen-bond donors (Lipinski definition) is 1. The molecule has 1 aromatic carbocycles. The lowest BCUT2D eigenvalue weighted by molar-refractivity contribution is 0.0574. The van der Waals surface area contributed by atoms with Crippen LogP contribution in [0.15, 0.2) is 24.3 Å². The summed E-state index contributed by atoms with van der Waals surface area (Å²) < 4.78 is 0. The smallest absolute Gasteiger partial charge is 0.254 e. The van der Waals surface area contributed by atoms with E-state index in [2.05, 4.69) is 6.07 Å². The highest BCUT2D eigenvalue weighted by Gasteiger charge is 2.26. The number of amides is 1. The molecule has 1 aliphatic rings. The lowest BCUT2D eigenvalue weighted by Crippen LogP contribution is -2.44. The predicted molar refractivity (Wildman–Crippen MR) is 71.5 cm³/mol. The highest BCUT2D eigenvalue weighted by molar-refractivity contribution is 5.94. The van der Waals surface area contributed by atoms with Crippen LogP contribution in [0.3, 0.4) is 0 Å². The number of nitrogens with zero attached hydrogens (tertiary/aromatic N) is 2. The van der Waals surface area contributed by atoms with Crippen molar-refractivity contribution in [3.63, 3.8) is 0 Å². The third-order valence-corrected chi connectivity index (χ3v) is 3.59. The standard InChI is InChI=1S/C15H18N2O2/c16-11-12-4-3-5-13(10-12)15(19)17-8-2-1-6-14(17)7-9-18/h3-5,10,14,18H,1-2,6-9H2. The minimum absolute atomic E-state index is 0.0322. The third-order valence-electron chi connectivity index (χ3n) is 3.59. The zero-order chi connectivity index (χ0) is 13.7. The Kier molecular flexibility index (Phi) is 4.53. The molecule has 19 heavy (non-hydrogen) atoms. The van der Waals surface area contributed by atoms with E-state index in [9.17, 15) is 4.79 Å². The summed E-state index contributed by atoms with van der Waals surface area (Å²) in [6.45, 7) is 0.840. The first-order valence-electron chi connectivity index (χ1n) is 6.68. The Hall–Kier alpha value is -1.86. The van der Waals surface area contributed by atoms with Gasteiger partial charge in [-0.1, -0.05) is 6.07 Å². The molecule has 1 aromatic rings. The molecule has 100 valence electrons. The number of piperidine rings is 1. The minimum atomic E-state index is -0.0322. The van der Waals surface area contributed by atoms with Gasteiger partial charge in [0.1, 0.15) is 0 Å². The van der Waals surface area contributed by atoms with Crippen LogP contribution >= 0.6 is 0 Å². The average molecular weight is 258 g/mol. The molecule has 1 atom stereocenters. The number of aliphatic hydroxyl groups is 1. The molecule has 0 aromatic heterocycles. The number of benzene rings is 1. The quantitative estimate of drug-likeness (QED) is 0.901. The Morgan fingerprint density at radius 2 is 2.32 bits per heavy atom. The molecule has 0 saturated carbocycles. The molecule has 0 spiro atoms. The molecule has 0 aliphatic carbocycles. The highest BCUT2D eigenvalue weighted by atomic mass is 16.3. The maximum atomic E-state index is 12.5. The van der Waals surface area contributed by atoms with Crippen molar-refractivity contribution in [2.45, 2.75) is 31.7 Å². The molecule has 1 aliphatic heterocycles. The molecule has 1 unspecified atom stereocenters. The first kappa shape index (κ1) is 13.6. The van der Waals surface area contributed by atoms with E-state index >= 15 is 0 Å². The van der Waals surface area contributed by atoms with Gasteiger partial charge in [0.2, 0.25) is 0 Å². The van der Waals surface area contributed by atoms with E-state index < -0.39 is 0 Å². The number of nitriles is 1. The van der Waals surface area contributed by atoms with Gasteiger partial charge in [0.15, 0.2) is 0 Å². The normalized spacial score (nSPS) is 18.9. The molecular weight excluding hydrogens is 240 g/mol. The maximum Gasteiger partial charge on any atom is 0.254 e. The molecule has 1 heterocycles. The van der Waals surface area contributed by atoms with E-state index in [1.165, 1.54) is 0 Å². The summed E-state index contributed by atoms with van der Waals surface area (Å²) in [6, 6.07) is 8.97. The van der Waals surface area contributed by atoms with Gasteiger partial charge < -0.3 is 10.0 Å². The lowest BCUT2D eigenvalue weighted by atomic mass is 9.98. The van der Waals surface area contributed by atoms with Crippen molar-refractivity contribution >= 4 is 5.91 Å². The summed E-state index contributed by atoms with van der Waals surface area (Å²) in [4.78, 5) is 14.3. The van der Waals surface area contributed by atoms with Crippen LogP contribution in [-0.4, -0.2) is 35.1 Å². The van der Waals surface area contributed by atoms with Crippen LogP contribution in [0, 0.1) is 11.3 Å². The lowest BCUT2D eigenvalue weighted by Gasteiger charge is -2.35. The van der Waals surface area contributed by atoms with E-state index in [1.807, 2.05) is 4.90 Å². The van der Waals surface area contributed by atoms with Crippen LogP contribution < -0.4 is 0 Å². The van der Waals surface area contributed by atoms with Crippen LogP contribution in [0.25, 0.3) is 0 Å². The number of carbonyl (C=O) groups excluding carboxylic acids is 1. The molecular formula is C15H18N2O2. The fourth-order valence-electron chi connectivity index (χ4n) is 2.60. The van der Waals surface area contributed by atoms with Crippen molar-refractivity contribution in [2.75, 3.05) is 13.2 Å². The van der Waals surface area contributed by atoms with E-state index in [-0.39, 0.29) is 18.6 Å². The van der Waals surface area contributed by atoms with Gasteiger partial charge >= 0.3 is 0 Å². The molecule has 0 bridgehead atoms. The highest BCUT2D eigenvalue weighted by Crippen LogP contribution is 2.22. The minimum Gasteiger partial charge on any atom is -0.396 e. The Labute approximate surface area is 113 Å². The van der Waals surface area contributed by atoms with Crippen molar-refractivity contribution in [2.24, 2.45) is 0 Å². The number of hydrogen-bond acceptors (Lipinski definition) is 3. The second-order valence-electron chi connectivity index (χ2n) is 4.85. The fraction of sp³-hybridized carbons (Fsp3) is 0.467. The van der Waals surface area contributed by atoms with Gasteiger partial charge in [0.25, 0.3) is 5.91 Å². The zero-order valence-corrected chi connectivity index (χ0v) is 10.9. The fourth-order valence-corrected chi connectivity index (χ4v) is 2.60. The zero-order valence-electron chi connectivity index (χ0n) is 10.9. The van der Waals surface area contributed by atoms with E-state index in [0.717, 1.165) is 25.8 Å². The Morgan fingerprint density at radius 3 is 3.05 bits per heavy atom. The van der Waals surface area contributed by atoms with Crippen molar-refractivity contribution in [1.29, 1.82) is 5.26 Å². The summed E-state index contributed by atoms with van der Waals surface area (Å²) in [5.74, 6) is -0.0322. The van der Waals surface area contributed by atoms with Gasteiger partial charge in [-0.3, -0.25) is 4.79 Å². The average Bonchev–Trinajstić information content (AvgIpc) is 2.47. The summed E-state index contributed by atoms with van der Waals surface area (Å²) >= 11 is 0. The monoisotopic (exact) mass is 258 g/mol. The van der Waals surface area contributed by atoms with Gasteiger partial charge in [0, 0.05) is 24.8 Å². The van der Waals surface area contributed by atoms with Gasteiger partial charge in [-0.25, -0.2) is 0 Å². The second-order valence-corrected chi connectivity index (χ2v) is 4.85. The first-order chi connectivity index (χ1) is 9.26. The van der Waals surface area contributed by atoms with Crippen LogP contribution in [-0.2, 0) is 0 Å². The van der Waals surface area contributed by atoms with Crippen molar-refractivity contribution in [3.05, 3.63) is 35.4 Å². The molecule has 0 radical (unpaired) electrons. The SMILES string of the molecule is N#Cc1cccc(C(=O)N2CCCCC2CCO)c1. The number of likely N-dealkylation sites (tertiary alicyclic amines) is 1. The van der Waals surface area contributed by atoms with Gasteiger partial charge in [-0.05, 0) is 43.9 Å². The van der Waals surface area contributed by atoms with E-state index in [4.69, 9.17) is 10.4 Å². The molecule has 2 rings (SSSR count). The molecule has 4 nitrogen and oxygen atoms in total. The molecule has 1 fully saturated rings. The van der Waals surface area contributed by atoms with Crippen molar-refractivity contribution in [1.82, 2.24) is 4.90 Å². The summed E-state index contributed by atoms with van der Waals surface area (Å²) in [6.07, 6.45) is 3.69. The molecule has 1 amide bonds. The molecule has 4 heteroatoms. The Morgan fingerprint density at radius 1 is 1.47 bits per heavy atom. The number of rotatable bonds is 3. The second kappa shape index (κ2) is 6.35. The van der Waals surface area contributed by atoms with Crippen LogP contribution in [0.5, 0.6) is 0 Å². The number of aliphatic hydroxyl groups excluding tert-OH is 1. The van der Waals surface area contributed by atoms with Gasteiger partial charge in [-0.2, -0.15) is 5.26 Å². The third kappa shape index (κ3) is 3.12. The van der Waals surface area contributed by atoms with Crippen LogP contribution in [0.1, 0.15) is 41.6 Å². The maximum absolute atomic E-state index is 12.5. The Balaban J connectivity index is 2.18. The van der Waals surface area contributed by atoms with Crippen LogP contribution in [0.4, 0.5) is 0 Å². The van der Waals surface area contributed by atoms with Crippen molar-refractivity contribution < 1.29 is 9.90 Å². The van der Waals surface area contributed by atoms with Crippen molar-refractivity contribution in [3.8, 4) is 6.07 Å². The molecule has 1 N–H and O–H groups in total. The Bertz CT molecular complexity index is 491. The molecule has 1 saturated heterocycles. The largest absolute Gasteiger partial charge is 0.396 e.